The lowest BCUT2D eigenvalue weighted by Crippen LogP contribution is -2.29. The van der Waals surface area contributed by atoms with Crippen molar-refractivity contribution in [3.8, 4) is 0 Å². The Bertz CT molecular complexity index is 735. The van der Waals surface area contributed by atoms with Gasteiger partial charge in [-0.2, -0.15) is 0 Å². The molecule has 140 valence electrons. The second-order valence-electron chi connectivity index (χ2n) is 5.60. The molecule has 0 spiro atoms. The van der Waals surface area contributed by atoms with Gasteiger partial charge < -0.3 is 16.4 Å². The fourth-order valence-corrected chi connectivity index (χ4v) is 2.28. The summed E-state index contributed by atoms with van der Waals surface area (Å²) in [7, 11) is 0. The molecule has 0 aliphatic rings. The molecule has 5 nitrogen and oxygen atoms in total. The summed E-state index contributed by atoms with van der Waals surface area (Å²) in [5.41, 5.74) is 8.71. The van der Waals surface area contributed by atoms with Gasteiger partial charge in [-0.15, -0.1) is 24.0 Å². The number of anilines is 1. The minimum absolute atomic E-state index is 0. The molecule has 0 radical (unpaired) electrons. The number of hydrogen-bond acceptors (Lipinski definition) is 2. The van der Waals surface area contributed by atoms with Gasteiger partial charge in [-0.1, -0.05) is 31.2 Å². The van der Waals surface area contributed by atoms with E-state index in [1.807, 2.05) is 18.2 Å². The number of guanidine groups is 1. The summed E-state index contributed by atoms with van der Waals surface area (Å²) >= 11 is 0. The van der Waals surface area contributed by atoms with Gasteiger partial charge in [0.05, 0.1) is 13.0 Å². The van der Waals surface area contributed by atoms with E-state index in [0.717, 1.165) is 17.7 Å². The molecular weight excluding hydrogens is 446 g/mol. The highest BCUT2D eigenvalue weighted by molar-refractivity contribution is 14.0. The van der Waals surface area contributed by atoms with E-state index < -0.39 is 0 Å². The van der Waals surface area contributed by atoms with Crippen molar-refractivity contribution in [3.63, 3.8) is 0 Å². The third-order valence-electron chi connectivity index (χ3n) is 3.60. The van der Waals surface area contributed by atoms with Gasteiger partial charge in [0.1, 0.15) is 5.82 Å². The quantitative estimate of drug-likeness (QED) is 0.252. The first-order valence-electron chi connectivity index (χ1n) is 8.24. The molecule has 7 heteroatoms. The van der Waals surface area contributed by atoms with Crippen LogP contribution in [0.3, 0.4) is 0 Å². The molecule has 0 heterocycles. The maximum Gasteiger partial charge on any atom is 0.224 e. The molecule has 26 heavy (non-hydrogen) atoms. The third-order valence-corrected chi connectivity index (χ3v) is 3.60. The Morgan fingerprint density at radius 3 is 2.58 bits per heavy atom. The molecule has 2 aromatic rings. The third kappa shape index (κ3) is 7.81. The molecule has 0 saturated carbocycles. The molecule has 0 fully saturated rings. The number of aryl methyl sites for hydroxylation is 1. The van der Waals surface area contributed by atoms with Crippen LogP contribution < -0.4 is 16.4 Å². The van der Waals surface area contributed by atoms with Gasteiger partial charge in [0.15, 0.2) is 5.96 Å². The SMILES string of the molecule is CCc1cccc(NC(N)=NCCNC(=O)Cc2ccc(F)cc2)c1.I. The second kappa shape index (κ2) is 11.5. The number of nitrogens with one attached hydrogen (secondary N) is 2. The van der Waals surface area contributed by atoms with Gasteiger partial charge in [-0.25, -0.2) is 4.39 Å². The first-order valence-corrected chi connectivity index (χ1v) is 8.24. The Morgan fingerprint density at radius 1 is 1.15 bits per heavy atom. The Morgan fingerprint density at radius 2 is 1.88 bits per heavy atom. The van der Waals surface area contributed by atoms with Crippen molar-refractivity contribution in [1.29, 1.82) is 0 Å². The van der Waals surface area contributed by atoms with E-state index in [9.17, 15) is 9.18 Å². The van der Waals surface area contributed by atoms with E-state index in [1.54, 1.807) is 12.1 Å². The number of benzene rings is 2. The van der Waals surface area contributed by atoms with E-state index >= 15 is 0 Å². The van der Waals surface area contributed by atoms with Gasteiger partial charge in [0.2, 0.25) is 5.91 Å². The van der Waals surface area contributed by atoms with Crippen molar-refractivity contribution < 1.29 is 9.18 Å². The molecular formula is C19H24FIN4O. The lowest BCUT2D eigenvalue weighted by atomic mass is 10.1. The highest BCUT2D eigenvalue weighted by atomic mass is 127. The molecule has 0 saturated heterocycles. The summed E-state index contributed by atoms with van der Waals surface area (Å²) in [6.07, 6.45) is 1.16. The monoisotopic (exact) mass is 470 g/mol. The summed E-state index contributed by atoms with van der Waals surface area (Å²) in [5.74, 6) is -0.143. The molecule has 0 aromatic heterocycles. The molecule has 1 amide bonds. The lowest BCUT2D eigenvalue weighted by molar-refractivity contribution is -0.120. The predicted molar refractivity (Wildman–Crippen MR) is 114 cm³/mol. The summed E-state index contributed by atoms with van der Waals surface area (Å²) in [5, 5.41) is 5.79. The van der Waals surface area contributed by atoms with Crippen LogP contribution >= 0.6 is 24.0 Å². The van der Waals surface area contributed by atoms with Gasteiger partial charge in [0, 0.05) is 12.2 Å². The standard InChI is InChI=1S/C19H23FN4O.HI/c1-2-14-4-3-5-17(12-14)24-19(21)23-11-10-22-18(25)13-15-6-8-16(20)9-7-15;/h3-9,12H,2,10-11,13H2,1H3,(H,22,25)(H3,21,23,24);1H. The number of rotatable bonds is 7. The molecule has 0 aliphatic heterocycles. The molecule has 2 aromatic carbocycles. The Balaban J connectivity index is 0.00000338. The van der Waals surface area contributed by atoms with Gasteiger partial charge in [-0.3, -0.25) is 9.79 Å². The van der Waals surface area contributed by atoms with Crippen molar-refractivity contribution in [2.45, 2.75) is 19.8 Å². The maximum absolute atomic E-state index is 12.8. The van der Waals surface area contributed by atoms with E-state index in [1.165, 1.54) is 17.7 Å². The van der Waals surface area contributed by atoms with Gasteiger partial charge in [-0.05, 0) is 41.8 Å². The van der Waals surface area contributed by atoms with Crippen LogP contribution in [0.5, 0.6) is 0 Å². The summed E-state index contributed by atoms with van der Waals surface area (Å²) in [4.78, 5) is 16.0. The number of aliphatic imine (C=N–C) groups is 1. The normalized spacial score (nSPS) is 10.8. The van der Waals surface area contributed by atoms with Gasteiger partial charge >= 0.3 is 0 Å². The van der Waals surface area contributed by atoms with E-state index in [-0.39, 0.29) is 42.1 Å². The van der Waals surface area contributed by atoms with Crippen molar-refractivity contribution >= 4 is 41.5 Å². The van der Waals surface area contributed by atoms with Crippen molar-refractivity contribution in [1.82, 2.24) is 5.32 Å². The highest BCUT2D eigenvalue weighted by Crippen LogP contribution is 2.10. The fourth-order valence-electron chi connectivity index (χ4n) is 2.28. The molecule has 0 unspecified atom stereocenters. The average Bonchev–Trinajstić information content (AvgIpc) is 2.61. The van der Waals surface area contributed by atoms with Crippen molar-refractivity contribution in [2.24, 2.45) is 10.7 Å². The summed E-state index contributed by atoms with van der Waals surface area (Å²) in [6, 6.07) is 13.8. The number of halogens is 2. The van der Waals surface area contributed by atoms with Crippen LogP contribution in [0.2, 0.25) is 0 Å². The molecule has 4 N–H and O–H groups in total. The number of nitrogens with zero attached hydrogens (tertiary/aromatic N) is 1. The molecule has 0 atom stereocenters. The second-order valence-corrected chi connectivity index (χ2v) is 5.60. The maximum atomic E-state index is 12.8. The number of hydrogen-bond donors (Lipinski definition) is 3. The zero-order valence-electron chi connectivity index (χ0n) is 14.7. The van der Waals surface area contributed by atoms with Crippen molar-refractivity contribution in [2.75, 3.05) is 18.4 Å². The minimum atomic E-state index is -0.314. The largest absolute Gasteiger partial charge is 0.370 e. The Hall–Kier alpha value is -2.16. The van der Waals surface area contributed by atoms with Crippen LogP contribution in [0.4, 0.5) is 10.1 Å². The fraction of sp³-hybridized carbons (Fsp3) is 0.263. The zero-order chi connectivity index (χ0) is 18.1. The van der Waals surface area contributed by atoms with Crippen LogP contribution in [0.25, 0.3) is 0 Å². The number of carbonyl (C=O) groups excluding carboxylic acids is 1. The first kappa shape index (κ1) is 21.9. The molecule has 0 bridgehead atoms. The topological polar surface area (TPSA) is 79.5 Å². The van der Waals surface area contributed by atoms with E-state index in [4.69, 9.17) is 5.73 Å². The van der Waals surface area contributed by atoms with Crippen LogP contribution in [0.1, 0.15) is 18.1 Å². The number of amides is 1. The number of carbonyl (C=O) groups is 1. The van der Waals surface area contributed by atoms with Crippen LogP contribution in [0, 0.1) is 5.82 Å². The Kier molecular flexibility index (Phi) is 9.64. The Labute approximate surface area is 170 Å². The predicted octanol–water partition coefficient (Wildman–Crippen LogP) is 3.09. The lowest BCUT2D eigenvalue weighted by Gasteiger charge is -2.07. The molecule has 2 rings (SSSR count). The van der Waals surface area contributed by atoms with E-state index in [0.29, 0.717) is 19.0 Å². The summed E-state index contributed by atoms with van der Waals surface area (Å²) in [6.45, 7) is 2.85. The number of nitrogens with two attached hydrogens (primary N) is 1. The van der Waals surface area contributed by atoms with Crippen LogP contribution in [-0.2, 0) is 17.6 Å². The highest BCUT2D eigenvalue weighted by Gasteiger charge is 2.03. The average molecular weight is 470 g/mol. The van der Waals surface area contributed by atoms with Gasteiger partial charge in [0.25, 0.3) is 0 Å². The molecule has 0 aliphatic carbocycles. The summed E-state index contributed by atoms with van der Waals surface area (Å²) < 4.78 is 12.8. The van der Waals surface area contributed by atoms with Crippen molar-refractivity contribution in [3.05, 3.63) is 65.5 Å². The zero-order valence-corrected chi connectivity index (χ0v) is 17.0. The van der Waals surface area contributed by atoms with E-state index in [2.05, 4.69) is 28.6 Å². The van der Waals surface area contributed by atoms with Crippen LogP contribution in [0.15, 0.2) is 53.5 Å². The smallest absolute Gasteiger partial charge is 0.224 e. The first-order chi connectivity index (χ1) is 12.1. The minimum Gasteiger partial charge on any atom is -0.370 e. The van der Waals surface area contributed by atoms with Crippen LogP contribution in [-0.4, -0.2) is 25.0 Å².